The van der Waals surface area contributed by atoms with Crippen molar-refractivity contribution in [3.05, 3.63) is 76.4 Å². The molecule has 9 heteroatoms. The Morgan fingerprint density at radius 3 is 2.77 bits per heavy atom. The molecule has 2 aromatic heterocycles. The van der Waals surface area contributed by atoms with Gasteiger partial charge in [-0.1, -0.05) is 6.85 Å². The summed E-state index contributed by atoms with van der Waals surface area (Å²) in [4.78, 5) is 18.3. The molecule has 160 valence electrons. The van der Waals surface area contributed by atoms with Crippen molar-refractivity contribution in [3.8, 4) is 11.4 Å². The monoisotopic (exact) mass is 434 g/mol. The molecular formula is C22H18F4N4O. The van der Waals surface area contributed by atoms with Crippen LogP contribution >= 0.6 is 0 Å². The van der Waals surface area contributed by atoms with Gasteiger partial charge >= 0.3 is 6.18 Å². The molecule has 0 radical (unpaired) electrons. The molecule has 0 saturated heterocycles. The minimum Gasteiger partial charge on any atom is -0.341 e. The molecule has 1 atom stereocenters. The molecule has 1 amide bonds. The fraction of sp³-hybridized carbons (Fsp3) is 0.273. The Balaban J connectivity index is 1.91. The third-order valence-electron chi connectivity index (χ3n) is 5.03. The highest BCUT2D eigenvalue weighted by Gasteiger charge is 2.32. The Morgan fingerprint density at radius 1 is 1.23 bits per heavy atom. The summed E-state index contributed by atoms with van der Waals surface area (Å²) in [5.41, 5.74) is -1.27. The normalized spacial score (nSPS) is 18.4. The number of carbonyl (C=O) groups is 1. The van der Waals surface area contributed by atoms with E-state index in [1.54, 1.807) is 7.05 Å². The predicted octanol–water partition coefficient (Wildman–Crippen LogP) is 4.48. The Hall–Kier alpha value is -3.36. The van der Waals surface area contributed by atoms with Gasteiger partial charge in [-0.2, -0.15) is 18.3 Å². The number of rotatable bonds is 3. The maximum Gasteiger partial charge on any atom is 0.416 e. The van der Waals surface area contributed by atoms with Crippen LogP contribution in [0.2, 0.25) is 0 Å². The van der Waals surface area contributed by atoms with Crippen LogP contribution < -0.4 is 0 Å². The first kappa shape index (κ1) is 16.3. The lowest BCUT2D eigenvalue weighted by Crippen LogP contribution is -2.34. The first-order valence-corrected chi connectivity index (χ1v) is 9.18. The molecule has 1 aliphatic heterocycles. The molecule has 4 rings (SSSR count). The van der Waals surface area contributed by atoms with Gasteiger partial charge in [-0.05, 0) is 53.4 Å². The predicted molar refractivity (Wildman–Crippen MR) is 105 cm³/mol. The quantitative estimate of drug-likeness (QED) is 0.571. The molecule has 5 nitrogen and oxygen atoms in total. The van der Waals surface area contributed by atoms with E-state index in [9.17, 15) is 22.4 Å². The number of halogens is 4. The van der Waals surface area contributed by atoms with Gasteiger partial charge in [0.1, 0.15) is 11.5 Å². The molecule has 0 saturated carbocycles. The third kappa shape index (κ3) is 3.99. The Kier molecular flexibility index (Phi) is 4.07. The number of likely N-dealkylation sites (N-methyl/N-ethyl adjacent to an activating group) is 1. The van der Waals surface area contributed by atoms with E-state index < -0.39 is 35.9 Å². The zero-order valence-electron chi connectivity index (χ0n) is 20.2. The van der Waals surface area contributed by atoms with Gasteiger partial charge in [-0.15, -0.1) is 5.10 Å². The summed E-state index contributed by atoms with van der Waals surface area (Å²) in [6, 6.07) is 3.98. The van der Waals surface area contributed by atoms with Crippen LogP contribution in [0.1, 0.15) is 50.8 Å². The van der Waals surface area contributed by atoms with Crippen molar-refractivity contribution in [3.63, 3.8) is 0 Å². The highest BCUT2D eigenvalue weighted by molar-refractivity contribution is 5.98. The maximum atomic E-state index is 14.2. The highest BCUT2D eigenvalue weighted by Crippen LogP contribution is 2.34. The molecule has 1 aliphatic rings. The number of fused-ring (bicyclic) bond motifs is 1. The number of hydrogen-bond donors (Lipinski definition) is 0. The van der Waals surface area contributed by atoms with Crippen molar-refractivity contribution >= 4 is 5.91 Å². The summed E-state index contributed by atoms with van der Waals surface area (Å²) in [6.07, 6.45) is -2.22. The molecule has 0 fully saturated rings. The van der Waals surface area contributed by atoms with Crippen molar-refractivity contribution in [2.75, 3.05) is 13.6 Å². The van der Waals surface area contributed by atoms with Gasteiger partial charge in [0.25, 0.3) is 5.91 Å². The summed E-state index contributed by atoms with van der Waals surface area (Å²) in [5, 5.41) is 7.74. The first-order chi connectivity index (χ1) is 16.2. The molecule has 0 aliphatic carbocycles. The van der Waals surface area contributed by atoms with E-state index in [0.717, 1.165) is 6.20 Å². The van der Waals surface area contributed by atoms with Gasteiger partial charge in [0.05, 0.1) is 17.5 Å². The van der Waals surface area contributed by atoms with Crippen LogP contribution in [0.3, 0.4) is 0 Å². The van der Waals surface area contributed by atoms with Crippen LogP contribution in [-0.4, -0.2) is 39.6 Å². The number of nitrogens with zero attached hydrogens (tertiary/aromatic N) is 4. The molecule has 3 aromatic rings. The van der Waals surface area contributed by atoms with Gasteiger partial charge in [-0.25, -0.2) is 4.39 Å². The summed E-state index contributed by atoms with van der Waals surface area (Å²) in [5.74, 6) is -4.39. The van der Waals surface area contributed by atoms with Crippen molar-refractivity contribution < 1.29 is 27.8 Å². The smallest absolute Gasteiger partial charge is 0.341 e. The van der Waals surface area contributed by atoms with Crippen molar-refractivity contribution in [1.29, 1.82) is 0 Å². The fourth-order valence-electron chi connectivity index (χ4n) is 3.44. The minimum absolute atomic E-state index is 0.0324. The molecule has 0 bridgehead atoms. The van der Waals surface area contributed by atoms with E-state index in [4.69, 9.17) is 5.48 Å². The molecule has 1 aromatic carbocycles. The van der Waals surface area contributed by atoms with Crippen molar-refractivity contribution in [1.82, 2.24) is 20.1 Å². The van der Waals surface area contributed by atoms with Crippen LogP contribution in [0, 0.1) is 5.82 Å². The van der Waals surface area contributed by atoms with Crippen LogP contribution in [0.5, 0.6) is 0 Å². The molecule has 0 unspecified atom stereocenters. The largest absolute Gasteiger partial charge is 0.416 e. The van der Waals surface area contributed by atoms with Crippen LogP contribution in [0.4, 0.5) is 17.6 Å². The lowest BCUT2D eigenvalue weighted by atomic mass is 9.91. The van der Waals surface area contributed by atoms with E-state index in [-0.39, 0.29) is 28.9 Å². The molecule has 31 heavy (non-hydrogen) atoms. The number of aromatic nitrogens is 3. The maximum absolute atomic E-state index is 14.2. The average Bonchev–Trinajstić information content (AvgIpc) is 2.79. The Bertz CT molecular complexity index is 1320. The second kappa shape index (κ2) is 7.72. The van der Waals surface area contributed by atoms with Crippen LogP contribution in [-0.2, 0) is 12.6 Å². The van der Waals surface area contributed by atoms with E-state index in [0.29, 0.717) is 36.2 Å². The Labute approximate surface area is 181 Å². The number of pyridine rings is 1. The zero-order chi connectivity index (χ0) is 25.8. The van der Waals surface area contributed by atoms with Crippen LogP contribution in [0.15, 0.2) is 42.7 Å². The van der Waals surface area contributed by atoms with Crippen LogP contribution in [0.25, 0.3) is 11.4 Å². The summed E-state index contributed by atoms with van der Waals surface area (Å²) >= 11 is 0. The zero-order valence-corrected chi connectivity index (χ0v) is 16.2. The fourth-order valence-corrected chi connectivity index (χ4v) is 3.44. The SMILES string of the molecule is [2H]C([2H])([2H])[C@]([2H])(c1cc(F)cc(C(F)(F)F)c1)c1cnnc(-c2nccc3c2CCN(C)C3=O)c1. The number of amides is 1. The van der Waals surface area contributed by atoms with Gasteiger partial charge < -0.3 is 4.90 Å². The summed E-state index contributed by atoms with van der Waals surface area (Å²) in [6.45, 7) is -2.81. The second-order valence-electron chi connectivity index (χ2n) is 7.09. The minimum atomic E-state index is -4.96. The number of alkyl halides is 3. The van der Waals surface area contributed by atoms with E-state index in [1.807, 2.05) is 0 Å². The van der Waals surface area contributed by atoms with Gasteiger partial charge in [0.2, 0.25) is 0 Å². The van der Waals surface area contributed by atoms with Gasteiger partial charge in [-0.3, -0.25) is 9.78 Å². The van der Waals surface area contributed by atoms with Gasteiger partial charge in [0.15, 0.2) is 0 Å². The van der Waals surface area contributed by atoms with E-state index >= 15 is 0 Å². The molecular weight excluding hydrogens is 412 g/mol. The molecule has 0 N–H and O–H groups in total. The Morgan fingerprint density at radius 2 is 2.03 bits per heavy atom. The molecule has 0 spiro atoms. The lowest BCUT2D eigenvalue weighted by Gasteiger charge is -2.25. The van der Waals surface area contributed by atoms with Crippen molar-refractivity contribution in [2.45, 2.75) is 25.3 Å². The van der Waals surface area contributed by atoms with E-state index in [2.05, 4.69) is 15.2 Å². The topological polar surface area (TPSA) is 59.0 Å². The summed E-state index contributed by atoms with van der Waals surface area (Å²) < 4.78 is 86.8. The first-order valence-electron chi connectivity index (χ1n) is 11.2. The van der Waals surface area contributed by atoms with Gasteiger partial charge in [0, 0.05) is 36.7 Å². The van der Waals surface area contributed by atoms with Crippen molar-refractivity contribution in [2.24, 2.45) is 0 Å². The molecule has 3 heterocycles. The number of hydrogen-bond acceptors (Lipinski definition) is 4. The van der Waals surface area contributed by atoms with E-state index in [1.165, 1.54) is 23.2 Å². The summed E-state index contributed by atoms with van der Waals surface area (Å²) in [7, 11) is 1.64. The number of carbonyl (C=O) groups excluding carboxylic acids is 1. The third-order valence-corrected chi connectivity index (χ3v) is 5.03. The number of benzene rings is 1. The lowest BCUT2D eigenvalue weighted by molar-refractivity contribution is -0.137. The standard InChI is InChI=1S/C22H18F4N4O/c1-12(13-7-15(22(24,25)26)10-16(23)8-13)14-9-19(29-28-11-14)20-17-4-6-30(2)21(31)18(17)3-5-27-20/h3,5,7-12H,4,6H2,1-2H3/t12-/m1/s1/i1D3,12D. The highest BCUT2D eigenvalue weighted by atomic mass is 19.4. The second-order valence-corrected chi connectivity index (χ2v) is 7.09. The average molecular weight is 434 g/mol.